The lowest BCUT2D eigenvalue weighted by Gasteiger charge is -2.03. The van der Waals surface area contributed by atoms with Gasteiger partial charge < -0.3 is 5.32 Å². The Morgan fingerprint density at radius 3 is 2.55 bits per heavy atom. The third-order valence-corrected chi connectivity index (χ3v) is 2.55. The van der Waals surface area contributed by atoms with Crippen molar-refractivity contribution in [3.63, 3.8) is 0 Å². The van der Waals surface area contributed by atoms with Gasteiger partial charge in [-0.1, -0.05) is 6.08 Å². The number of amides is 2. The maximum atomic E-state index is 11.8. The molecule has 0 aliphatic heterocycles. The Morgan fingerprint density at radius 2 is 2.00 bits per heavy atom. The van der Waals surface area contributed by atoms with E-state index in [0.717, 1.165) is 0 Å². The second-order valence-corrected chi connectivity index (χ2v) is 4.36. The molecular weight excluding hydrogens is 288 g/mol. The van der Waals surface area contributed by atoms with E-state index >= 15 is 0 Å². The summed E-state index contributed by atoms with van der Waals surface area (Å²) in [5.41, 5.74) is 2.85. The van der Waals surface area contributed by atoms with Gasteiger partial charge in [0, 0.05) is 30.0 Å². The van der Waals surface area contributed by atoms with Crippen LogP contribution in [0.5, 0.6) is 0 Å². The molecule has 0 heterocycles. The molecule has 1 aromatic carbocycles. The summed E-state index contributed by atoms with van der Waals surface area (Å²) in [6.45, 7) is 5.44. The zero-order valence-electron chi connectivity index (χ0n) is 12.0. The standard InChI is InChI=1S/C14H16N4O4/c1-3-8-15-13(19)9-10(2)16-17-14(20)11-4-6-12(7-5-11)18(21)22/h3-7H,1,8-9H2,2H3,(H,15,19)(H,17,20)/b16-10+. The Morgan fingerprint density at radius 1 is 1.36 bits per heavy atom. The number of non-ortho nitro benzene ring substituents is 1. The zero-order chi connectivity index (χ0) is 16.5. The quantitative estimate of drug-likeness (QED) is 0.343. The van der Waals surface area contributed by atoms with E-state index < -0.39 is 10.8 Å². The van der Waals surface area contributed by atoms with Crippen LogP contribution in [0.3, 0.4) is 0 Å². The number of benzene rings is 1. The lowest BCUT2D eigenvalue weighted by atomic mass is 10.2. The fourth-order valence-electron chi connectivity index (χ4n) is 1.47. The van der Waals surface area contributed by atoms with Crippen LogP contribution in [0.2, 0.25) is 0 Å². The van der Waals surface area contributed by atoms with E-state index in [4.69, 9.17) is 0 Å². The largest absolute Gasteiger partial charge is 0.352 e. The first-order chi connectivity index (χ1) is 10.4. The van der Waals surface area contributed by atoms with Gasteiger partial charge in [-0.15, -0.1) is 6.58 Å². The summed E-state index contributed by atoms with van der Waals surface area (Å²) in [6.07, 6.45) is 1.61. The molecule has 8 heteroatoms. The SMILES string of the molecule is C=CCNC(=O)C/C(C)=N/NC(=O)c1ccc([N+](=O)[O-])cc1. The van der Waals surface area contributed by atoms with E-state index in [9.17, 15) is 19.7 Å². The summed E-state index contributed by atoms with van der Waals surface area (Å²) >= 11 is 0. The average molecular weight is 304 g/mol. The number of nitrogens with one attached hydrogen (secondary N) is 2. The monoisotopic (exact) mass is 304 g/mol. The molecule has 0 aliphatic carbocycles. The van der Waals surface area contributed by atoms with Crippen molar-refractivity contribution in [3.8, 4) is 0 Å². The van der Waals surface area contributed by atoms with Crippen LogP contribution in [0, 0.1) is 10.1 Å². The molecule has 0 radical (unpaired) electrons. The predicted octanol–water partition coefficient (Wildman–Crippen LogP) is 1.39. The van der Waals surface area contributed by atoms with Gasteiger partial charge in [0.25, 0.3) is 11.6 Å². The van der Waals surface area contributed by atoms with E-state index in [2.05, 4.69) is 22.4 Å². The van der Waals surface area contributed by atoms with Crippen LogP contribution in [0.15, 0.2) is 42.0 Å². The van der Waals surface area contributed by atoms with Gasteiger partial charge in [0.15, 0.2) is 0 Å². The van der Waals surface area contributed by atoms with Crippen LogP contribution < -0.4 is 10.7 Å². The van der Waals surface area contributed by atoms with Crippen LogP contribution in [0.4, 0.5) is 5.69 Å². The molecule has 0 atom stereocenters. The van der Waals surface area contributed by atoms with E-state index in [0.29, 0.717) is 12.3 Å². The first kappa shape index (κ1) is 17.0. The van der Waals surface area contributed by atoms with Gasteiger partial charge in [-0.05, 0) is 19.1 Å². The predicted molar refractivity (Wildman–Crippen MR) is 81.5 cm³/mol. The highest BCUT2D eigenvalue weighted by molar-refractivity contribution is 6.01. The average Bonchev–Trinajstić information content (AvgIpc) is 2.50. The summed E-state index contributed by atoms with van der Waals surface area (Å²) in [5, 5.41) is 16.9. The Labute approximate surface area is 127 Å². The highest BCUT2D eigenvalue weighted by atomic mass is 16.6. The zero-order valence-corrected chi connectivity index (χ0v) is 12.0. The molecule has 2 amide bonds. The van der Waals surface area contributed by atoms with Gasteiger partial charge in [-0.3, -0.25) is 19.7 Å². The molecule has 0 saturated carbocycles. The van der Waals surface area contributed by atoms with Crippen LogP contribution in [-0.2, 0) is 4.79 Å². The molecule has 0 saturated heterocycles. The highest BCUT2D eigenvalue weighted by Gasteiger charge is 2.09. The molecule has 1 aromatic rings. The summed E-state index contributed by atoms with van der Waals surface area (Å²) in [4.78, 5) is 33.2. The number of carbonyl (C=O) groups excluding carboxylic acids is 2. The Hall–Kier alpha value is -3.03. The van der Waals surface area contributed by atoms with Crippen molar-refractivity contribution >= 4 is 23.2 Å². The Balaban J connectivity index is 2.56. The summed E-state index contributed by atoms with van der Waals surface area (Å²) in [6, 6.07) is 5.12. The van der Waals surface area contributed by atoms with Crippen LogP contribution in [0.1, 0.15) is 23.7 Å². The number of hydrogen-bond donors (Lipinski definition) is 2. The smallest absolute Gasteiger partial charge is 0.271 e. The number of rotatable bonds is 7. The molecule has 22 heavy (non-hydrogen) atoms. The van der Waals surface area contributed by atoms with Gasteiger partial charge in [-0.25, -0.2) is 5.43 Å². The lowest BCUT2D eigenvalue weighted by molar-refractivity contribution is -0.384. The molecule has 2 N–H and O–H groups in total. The third kappa shape index (κ3) is 5.53. The van der Waals surface area contributed by atoms with Crippen molar-refractivity contribution < 1.29 is 14.5 Å². The van der Waals surface area contributed by atoms with Crippen molar-refractivity contribution in [1.82, 2.24) is 10.7 Å². The van der Waals surface area contributed by atoms with E-state index in [1.54, 1.807) is 13.0 Å². The molecule has 0 bridgehead atoms. The number of nitrogens with zero attached hydrogens (tertiary/aromatic N) is 2. The fourth-order valence-corrected chi connectivity index (χ4v) is 1.47. The summed E-state index contributed by atoms with van der Waals surface area (Å²) in [7, 11) is 0. The second-order valence-electron chi connectivity index (χ2n) is 4.36. The molecule has 0 spiro atoms. The number of carbonyl (C=O) groups is 2. The Bertz CT molecular complexity index is 608. The topological polar surface area (TPSA) is 114 Å². The van der Waals surface area contributed by atoms with Gasteiger partial charge in [0.05, 0.1) is 11.3 Å². The maximum Gasteiger partial charge on any atom is 0.271 e. The molecular formula is C14H16N4O4. The van der Waals surface area contributed by atoms with E-state index in [-0.39, 0.29) is 23.6 Å². The normalized spacial score (nSPS) is 10.7. The number of nitro benzene ring substituents is 1. The van der Waals surface area contributed by atoms with Gasteiger partial charge in [0.1, 0.15) is 0 Å². The molecule has 0 fully saturated rings. The van der Waals surface area contributed by atoms with Gasteiger partial charge in [-0.2, -0.15) is 5.10 Å². The minimum Gasteiger partial charge on any atom is -0.352 e. The second kappa shape index (κ2) is 8.30. The molecule has 0 aliphatic rings. The lowest BCUT2D eigenvalue weighted by Crippen LogP contribution is -2.26. The molecule has 0 aromatic heterocycles. The molecule has 116 valence electrons. The third-order valence-electron chi connectivity index (χ3n) is 2.55. The Kier molecular flexibility index (Phi) is 6.42. The highest BCUT2D eigenvalue weighted by Crippen LogP contribution is 2.11. The van der Waals surface area contributed by atoms with E-state index in [1.165, 1.54) is 24.3 Å². The van der Waals surface area contributed by atoms with Crippen molar-refractivity contribution in [1.29, 1.82) is 0 Å². The minimum absolute atomic E-state index is 0.0500. The summed E-state index contributed by atoms with van der Waals surface area (Å²) < 4.78 is 0. The van der Waals surface area contributed by atoms with Crippen molar-refractivity contribution in [2.45, 2.75) is 13.3 Å². The number of hydrogen-bond acceptors (Lipinski definition) is 5. The van der Waals surface area contributed by atoms with Crippen molar-refractivity contribution in [3.05, 3.63) is 52.6 Å². The van der Waals surface area contributed by atoms with Gasteiger partial charge in [0.2, 0.25) is 5.91 Å². The molecule has 8 nitrogen and oxygen atoms in total. The van der Waals surface area contributed by atoms with E-state index in [1.807, 2.05) is 0 Å². The molecule has 0 unspecified atom stereocenters. The maximum absolute atomic E-state index is 11.8. The van der Waals surface area contributed by atoms with Crippen LogP contribution in [-0.4, -0.2) is 29.0 Å². The minimum atomic E-state index is -0.550. The number of nitro groups is 1. The van der Waals surface area contributed by atoms with Gasteiger partial charge >= 0.3 is 0 Å². The van der Waals surface area contributed by atoms with Crippen LogP contribution in [0.25, 0.3) is 0 Å². The summed E-state index contributed by atoms with van der Waals surface area (Å²) in [5.74, 6) is -0.744. The first-order valence-electron chi connectivity index (χ1n) is 6.39. The van der Waals surface area contributed by atoms with Crippen molar-refractivity contribution in [2.24, 2.45) is 5.10 Å². The number of hydrazone groups is 1. The fraction of sp³-hybridized carbons (Fsp3) is 0.214. The van der Waals surface area contributed by atoms with Crippen molar-refractivity contribution in [2.75, 3.05) is 6.54 Å². The van der Waals surface area contributed by atoms with Crippen LogP contribution >= 0.6 is 0 Å². The first-order valence-corrected chi connectivity index (χ1v) is 6.39. The molecule has 1 rings (SSSR count).